The van der Waals surface area contributed by atoms with Crippen LogP contribution in [0.4, 0.5) is 5.69 Å². The summed E-state index contributed by atoms with van der Waals surface area (Å²) in [5.74, 6) is 0.570. The minimum absolute atomic E-state index is 0.570. The van der Waals surface area contributed by atoms with Gasteiger partial charge in [-0.25, -0.2) is 0 Å². The van der Waals surface area contributed by atoms with E-state index < -0.39 is 0 Å². The summed E-state index contributed by atoms with van der Waals surface area (Å²) in [6, 6.07) is 10.4. The first-order valence-electron chi connectivity index (χ1n) is 6.33. The maximum absolute atomic E-state index is 5.69. The number of nitrogens with two attached hydrogens (primary N) is 1. The number of anilines is 1. The van der Waals surface area contributed by atoms with Gasteiger partial charge >= 0.3 is 0 Å². The van der Waals surface area contributed by atoms with Crippen LogP contribution in [-0.2, 0) is 6.54 Å². The standard InChI is InChI=1S/C15H20N2S/c1-12(14-2-4-15(16)5-3-14)6-8-17-10-13-7-9-18-11-13/h2-5,7,9,11-12,17H,6,8,10,16H2,1H3. The van der Waals surface area contributed by atoms with E-state index in [9.17, 15) is 0 Å². The number of rotatable bonds is 6. The minimum Gasteiger partial charge on any atom is -0.399 e. The van der Waals surface area contributed by atoms with Crippen LogP contribution < -0.4 is 11.1 Å². The van der Waals surface area contributed by atoms with Crippen molar-refractivity contribution in [2.24, 2.45) is 0 Å². The summed E-state index contributed by atoms with van der Waals surface area (Å²) in [6.07, 6.45) is 1.15. The first-order chi connectivity index (χ1) is 8.75. The summed E-state index contributed by atoms with van der Waals surface area (Å²) >= 11 is 1.75. The van der Waals surface area contributed by atoms with Crippen molar-refractivity contribution in [3.63, 3.8) is 0 Å². The summed E-state index contributed by atoms with van der Waals surface area (Å²) in [5.41, 5.74) is 9.26. The number of benzene rings is 1. The van der Waals surface area contributed by atoms with Crippen LogP contribution in [0.15, 0.2) is 41.1 Å². The molecule has 96 valence electrons. The Morgan fingerprint density at radius 2 is 2.00 bits per heavy atom. The van der Waals surface area contributed by atoms with E-state index >= 15 is 0 Å². The predicted octanol–water partition coefficient (Wildman–Crippen LogP) is 3.61. The summed E-state index contributed by atoms with van der Waals surface area (Å²) in [4.78, 5) is 0. The van der Waals surface area contributed by atoms with E-state index in [1.165, 1.54) is 11.1 Å². The van der Waals surface area contributed by atoms with Gasteiger partial charge in [-0.2, -0.15) is 11.3 Å². The molecule has 1 aromatic heterocycles. The van der Waals surface area contributed by atoms with Crippen LogP contribution in [0.5, 0.6) is 0 Å². The average molecular weight is 260 g/mol. The molecule has 1 aromatic carbocycles. The van der Waals surface area contributed by atoms with Crippen LogP contribution in [-0.4, -0.2) is 6.54 Å². The first-order valence-corrected chi connectivity index (χ1v) is 7.27. The fourth-order valence-corrected chi connectivity index (χ4v) is 2.60. The van der Waals surface area contributed by atoms with Gasteiger partial charge in [-0.1, -0.05) is 19.1 Å². The molecule has 3 N–H and O–H groups in total. The number of hydrogen-bond donors (Lipinski definition) is 2. The van der Waals surface area contributed by atoms with Gasteiger partial charge in [-0.15, -0.1) is 0 Å². The Labute approximate surface area is 113 Å². The summed E-state index contributed by atoms with van der Waals surface area (Å²) in [7, 11) is 0. The van der Waals surface area contributed by atoms with Gasteiger partial charge in [0.05, 0.1) is 0 Å². The third kappa shape index (κ3) is 3.86. The molecule has 0 aliphatic rings. The van der Waals surface area contributed by atoms with Gasteiger partial charge in [0.15, 0.2) is 0 Å². The van der Waals surface area contributed by atoms with Gasteiger partial charge < -0.3 is 11.1 Å². The third-order valence-electron chi connectivity index (χ3n) is 3.17. The van der Waals surface area contributed by atoms with E-state index in [1.807, 2.05) is 12.1 Å². The average Bonchev–Trinajstić information content (AvgIpc) is 2.88. The van der Waals surface area contributed by atoms with E-state index in [0.29, 0.717) is 5.92 Å². The molecule has 0 bridgehead atoms. The normalized spacial score (nSPS) is 12.5. The van der Waals surface area contributed by atoms with Crippen molar-refractivity contribution >= 4 is 17.0 Å². The molecule has 2 nitrogen and oxygen atoms in total. The predicted molar refractivity (Wildman–Crippen MR) is 79.9 cm³/mol. The molecule has 1 unspecified atom stereocenters. The zero-order valence-corrected chi connectivity index (χ0v) is 11.5. The second-order valence-corrected chi connectivity index (χ2v) is 5.44. The highest BCUT2D eigenvalue weighted by Gasteiger charge is 2.04. The van der Waals surface area contributed by atoms with E-state index in [0.717, 1.165) is 25.2 Å². The first kappa shape index (κ1) is 13.1. The van der Waals surface area contributed by atoms with Gasteiger partial charge in [0.1, 0.15) is 0 Å². The zero-order valence-electron chi connectivity index (χ0n) is 10.7. The molecule has 0 fully saturated rings. The molecule has 2 aromatic rings. The Kier molecular flexibility index (Phi) is 4.79. The van der Waals surface area contributed by atoms with E-state index in [2.05, 4.69) is 41.2 Å². The van der Waals surface area contributed by atoms with Crippen molar-refractivity contribution in [1.29, 1.82) is 0 Å². The highest BCUT2D eigenvalue weighted by Crippen LogP contribution is 2.19. The lowest BCUT2D eigenvalue weighted by Gasteiger charge is -2.12. The van der Waals surface area contributed by atoms with Gasteiger partial charge in [0.25, 0.3) is 0 Å². The Morgan fingerprint density at radius 3 is 2.67 bits per heavy atom. The zero-order chi connectivity index (χ0) is 12.8. The van der Waals surface area contributed by atoms with Crippen LogP contribution in [0, 0.1) is 0 Å². The van der Waals surface area contributed by atoms with Crippen LogP contribution in [0.2, 0.25) is 0 Å². The highest BCUT2D eigenvalue weighted by atomic mass is 32.1. The molecule has 1 heterocycles. The number of hydrogen-bond acceptors (Lipinski definition) is 3. The molecule has 0 aliphatic carbocycles. The fraction of sp³-hybridized carbons (Fsp3) is 0.333. The Bertz CT molecular complexity index is 448. The lowest BCUT2D eigenvalue weighted by atomic mass is 9.97. The second-order valence-electron chi connectivity index (χ2n) is 4.66. The molecule has 0 saturated carbocycles. The van der Waals surface area contributed by atoms with Gasteiger partial charge in [0, 0.05) is 12.2 Å². The molecular formula is C15H20N2S. The van der Waals surface area contributed by atoms with Gasteiger partial charge in [-0.3, -0.25) is 0 Å². The monoisotopic (exact) mass is 260 g/mol. The van der Waals surface area contributed by atoms with E-state index in [1.54, 1.807) is 11.3 Å². The lowest BCUT2D eigenvalue weighted by molar-refractivity contribution is 0.595. The lowest BCUT2D eigenvalue weighted by Crippen LogP contribution is -2.16. The molecule has 0 aliphatic heterocycles. The largest absolute Gasteiger partial charge is 0.399 e. The van der Waals surface area contributed by atoms with Crippen LogP contribution in [0.25, 0.3) is 0 Å². The topological polar surface area (TPSA) is 38.0 Å². The second kappa shape index (κ2) is 6.57. The Hall–Kier alpha value is -1.32. The molecule has 0 spiro atoms. The summed E-state index contributed by atoms with van der Waals surface area (Å²) < 4.78 is 0. The van der Waals surface area contributed by atoms with Crippen LogP contribution in [0.1, 0.15) is 30.4 Å². The minimum atomic E-state index is 0.570. The molecule has 0 saturated heterocycles. The van der Waals surface area contributed by atoms with Crippen LogP contribution >= 0.6 is 11.3 Å². The summed E-state index contributed by atoms with van der Waals surface area (Å²) in [5, 5.41) is 7.79. The van der Waals surface area contributed by atoms with Crippen molar-refractivity contribution in [3.8, 4) is 0 Å². The maximum atomic E-state index is 5.69. The molecule has 2 rings (SSSR count). The molecule has 3 heteroatoms. The number of thiophene rings is 1. The molecule has 1 atom stereocenters. The maximum Gasteiger partial charge on any atom is 0.0314 e. The fourth-order valence-electron chi connectivity index (χ4n) is 1.94. The van der Waals surface area contributed by atoms with E-state index in [4.69, 9.17) is 5.73 Å². The van der Waals surface area contributed by atoms with Crippen molar-refractivity contribution in [1.82, 2.24) is 5.32 Å². The van der Waals surface area contributed by atoms with Crippen molar-refractivity contribution in [2.75, 3.05) is 12.3 Å². The van der Waals surface area contributed by atoms with Crippen molar-refractivity contribution < 1.29 is 0 Å². The molecule has 0 amide bonds. The number of nitrogens with one attached hydrogen (secondary N) is 1. The Balaban J connectivity index is 1.71. The van der Waals surface area contributed by atoms with Crippen molar-refractivity contribution in [3.05, 3.63) is 52.2 Å². The highest BCUT2D eigenvalue weighted by molar-refractivity contribution is 7.07. The van der Waals surface area contributed by atoms with Crippen molar-refractivity contribution in [2.45, 2.75) is 25.8 Å². The molecule has 18 heavy (non-hydrogen) atoms. The third-order valence-corrected chi connectivity index (χ3v) is 3.90. The van der Waals surface area contributed by atoms with Crippen LogP contribution in [0.3, 0.4) is 0 Å². The van der Waals surface area contributed by atoms with Gasteiger partial charge in [-0.05, 0) is 59.0 Å². The molecule has 0 radical (unpaired) electrons. The number of nitrogen functional groups attached to an aromatic ring is 1. The molecular weight excluding hydrogens is 240 g/mol. The Morgan fingerprint density at radius 1 is 1.22 bits per heavy atom. The van der Waals surface area contributed by atoms with E-state index in [-0.39, 0.29) is 0 Å². The quantitative estimate of drug-likeness (QED) is 0.615. The SMILES string of the molecule is CC(CCNCc1ccsc1)c1ccc(N)cc1. The smallest absolute Gasteiger partial charge is 0.0314 e. The van der Waals surface area contributed by atoms with Gasteiger partial charge in [0.2, 0.25) is 0 Å². The summed E-state index contributed by atoms with van der Waals surface area (Å²) in [6.45, 7) is 4.27.